The molecule has 0 aromatic heterocycles. The van der Waals surface area contributed by atoms with Crippen molar-refractivity contribution in [3.63, 3.8) is 0 Å². The van der Waals surface area contributed by atoms with Gasteiger partial charge < -0.3 is 11.1 Å². The van der Waals surface area contributed by atoms with Crippen molar-refractivity contribution >= 4 is 34.8 Å². The van der Waals surface area contributed by atoms with E-state index in [1.54, 1.807) is 26.0 Å². The quantitative estimate of drug-likeness (QED) is 0.889. The van der Waals surface area contributed by atoms with E-state index >= 15 is 0 Å². The first-order chi connectivity index (χ1) is 7.82. The van der Waals surface area contributed by atoms with E-state index in [0.29, 0.717) is 15.7 Å². The minimum atomic E-state index is -0.286. The summed E-state index contributed by atoms with van der Waals surface area (Å²) in [5.74, 6) is -0.451. The van der Waals surface area contributed by atoms with Gasteiger partial charge in [-0.1, -0.05) is 30.1 Å². The molecule has 0 saturated carbocycles. The second kappa shape index (κ2) is 5.71. The van der Waals surface area contributed by atoms with Crippen molar-refractivity contribution in [2.45, 2.75) is 26.8 Å². The third-order valence-corrected chi connectivity index (χ3v) is 3.43. The summed E-state index contributed by atoms with van der Waals surface area (Å²) in [5.41, 5.74) is 7.05. The van der Waals surface area contributed by atoms with Gasteiger partial charge in [0.1, 0.15) is 0 Å². The molecular weight excluding hydrogens is 259 g/mol. The number of anilines is 1. The molecule has 2 unspecified atom stereocenters. The Kier molecular flexibility index (Phi) is 4.80. The molecule has 0 saturated heterocycles. The first kappa shape index (κ1) is 14.3. The molecule has 3 nitrogen and oxygen atoms in total. The number of rotatable bonds is 3. The van der Waals surface area contributed by atoms with Gasteiger partial charge in [0.2, 0.25) is 5.91 Å². The van der Waals surface area contributed by atoms with Crippen LogP contribution in [0.25, 0.3) is 0 Å². The van der Waals surface area contributed by atoms with Gasteiger partial charge in [-0.15, -0.1) is 0 Å². The van der Waals surface area contributed by atoms with E-state index in [1.807, 2.05) is 6.92 Å². The Hall–Kier alpha value is -0.770. The molecule has 0 heterocycles. The lowest BCUT2D eigenvalue weighted by Crippen LogP contribution is -2.34. The van der Waals surface area contributed by atoms with Crippen molar-refractivity contribution in [1.82, 2.24) is 0 Å². The maximum atomic E-state index is 11.8. The van der Waals surface area contributed by atoms with Crippen LogP contribution < -0.4 is 11.1 Å². The minimum absolute atomic E-state index is 0.165. The monoisotopic (exact) mass is 274 g/mol. The third kappa shape index (κ3) is 3.60. The maximum Gasteiger partial charge on any atom is 0.228 e. The van der Waals surface area contributed by atoms with Gasteiger partial charge in [-0.2, -0.15) is 0 Å². The second-order valence-corrected chi connectivity index (χ2v) is 5.03. The van der Waals surface area contributed by atoms with E-state index < -0.39 is 0 Å². The largest absolute Gasteiger partial charge is 0.327 e. The summed E-state index contributed by atoms with van der Waals surface area (Å²) in [6, 6.07) is 3.15. The first-order valence-corrected chi connectivity index (χ1v) is 6.10. The molecule has 1 aromatic rings. The zero-order chi connectivity index (χ0) is 13.2. The molecule has 0 radical (unpaired) electrons. The van der Waals surface area contributed by atoms with Crippen LogP contribution in [0.15, 0.2) is 12.1 Å². The van der Waals surface area contributed by atoms with Gasteiger partial charge in [0, 0.05) is 11.1 Å². The fourth-order valence-electron chi connectivity index (χ4n) is 1.23. The molecule has 0 bridgehead atoms. The topological polar surface area (TPSA) is 55.1 Å². The summed E-state index contributed by atoms with van der Waals surface area (Å²) in [7, 11) is 0. The van der Waals surface area contributed by atoms with Crippen LogP contribution in [0, 0.1) is 12.8 Å². The van der Waals surface area contributed by atoms with Gasteiger partial charge in [-0.3, -0.25) is 4.79 Å². The number of carbonyl (C=O) groups is 1. The lowest BCUT2D eigenvalue weighted by molar-refractivity contribution is -0.119. The molecule has 0 aliphatic rings. The normalized spacial score (nSPS) is 14.2. The minimum Gasteiger partial charge on any atom is -0.327 e. The van der Waals surface area contributed by atoms with Crippen LogP contribution in [-0.2, 0) is 4.79 Å². The molecule has 0 aliphatic heterocycles. The van der Waals surface area contributed by atoms with E-state index in [9.17, 15) is 4.79 Å². The number of nitrogens with two attached hydrogens (primary N) is 1. The van der Waals surface area contributed by atoms with E-state index in [-0.39, 0.29) is 17.9 Å². The van der Waals surface area contributed by atoms with Crippen molar-refractivity contribution in [3.8, 4) is 0 Å². The summed E-state index contributed by atoms with van der Waals surface area (Å²) >= 11 is 12.0. The number of benzene rings is 1. The number of aryl methyl sites for hydroxylation is 1. The molecule has 17 heavy (non-hydrogen) atoms. The summed E-state index contributed by atoms with van der Waals surface area (Å²) in [4.78, 5) is 11.8. The molecule has 1 amide bonds. The van der Waals surface area contributed by atoms with Gasteiger partial charge in [0.15, 0.2) is 0 Å². The fourth-order valence-corrected chi connectivity index (χ4v) is 1.66. The maximum absolute atomic E-state index is 11.8. The number of hydrogen-bond donors (Lipinski definition) is 2. The van der Waals surface area contributed by atoms with E-state index in [2.05, 4.69) is 5.32 Å². The van der Waals surface area contributed by atoms with Crippen molar-refractivity contribution in [3.05, 3.63) is 27.7 Å². The van der Waals surface area contributed by atoms with Crippen LogP contribution in [0.2, 0.25) is 10.0 Å². The second-order valence-electron chi connectivity index (χ2n) is 4.22. The highest BCUT2D eigenvalue weighted by molar-refractivity contribution is 6.36. The predicted molar refractivity (Wildman–Crippen MR) is 72.6 cm³/mol. The molecule has 94 valence electrons. The standard InChI is InChI=1S/C12H16Cl2N2O/c1-6-4-10(14)11(5-9(6)13)16-12(17)7(2)8(3)15/h4-5,7-8H,15H2,1-3H3,(H,16,17). The average molecular weight is 275 g/mol. The van der Waals surface area contributed by atoms with Crippen molar-refractivity contribution in [2.75, 3.05) is 5.32 Å². The number of amides is 1. The highest BCUT2D eigenvalue weighted by Crippen LogP contribution is 2.29. The number of nitrogens with one attached hydrogen (secondary N) is 1. The summed E-state index contributed by atoms with van der Waals surface area (Å²) < 4.78 is 0. The van der Waals surface area contributed by atoms with E-state index in [4.69, 9.17) is 28.9 Å². The molecule has 0 aliphatic carbocycles. The first-order valence-electron chi connectivity index (χ1n) is 5.35. The summed E-state index contributed by atoms with van der Waals surface area (Å²) in [6.07, 6.45) is 0. The van der Waals surface area contributed by atoms with Crippen molar-refractivity contribution in [2.24, 2.45) is 11.7 Å². The Morgan fingerprint density at radius 3 is 2.41 bits per heavy atom. The van der Waals surface area contributed by atoms with Crippen LogP contribution in [-0.4, -0.2) is 11.9 Å². The zero-order valence-corrected chi connectivity index (χ0v) is 11.6. The van der Waals surface area contributed by atoms with Crippen LogP contribution in [0.1, 0.15) is 19.4 Å². The Morgan fingerprint density at radius 1 is 1.29 bits per heavy atom. The number of hydrogen-bond acceptors (Lipinski definition) is 2. The molecular formula is C12H16Cl2N2O. The average Bonchev–Trinajstić information content (AvgIpc) is 2.24. The predicted octanol–water partition coefficient (Wildman–Crippen LogP) is 3.22. The molecule has 3 N–H and O–H groups in total. The Bertz CT molecular complexity index is 433. The summed E-state index contributed by atoms with van der Waals surface area (Å²) in [5, 5.41) is 3.76. The Balaban J connectivity index is 2.89. The molecule has 1 aromatic carbocycles. The van der Waals surface area contributed by atoms with Gasteiger partial charge in [0.05, 0.1) is 16.6 Å². The number of carbonyl (C=O) groups excluding carboxylic acids is 1. The zero-order valence-electron chi connectivity index (χ0n) is 10.1. The highest BCUT2D eigenvalue weighted by atomic mass is 35.5. The molecule has 2 atom stereocenters. The molecule has 1 rings (SSSR count). The van der Waals surface area contributed by atoms with Crippen LogP contribution in [0.3, 0.4) is 0 Å². The van der Waals surface area contributed by atoms with Crippen molar-refractivity contribution < 1.29 is 4.79 Å². The number of halogens is 2. The van der Waals surface area contributed by atoms with Gasteiger partial charge >= 0.3 is 0 Å². The molecule has 0 fully saturated rings. The van der Waals surface area contributed by atoms with Gasteiger partial charge in [0.25, 0.3) is 0 Å². The van der Waals surface area contributed by atoms with Crippen LogP contribution in [0.5, 0.6) is 0 Å². The van der Waals surface area contributed by atoms with E-state index in [1.165, 1.54) is 0 Å². The third-order valence-electron chi connectivity index (χ3n) is 2.71. The van der Waals surface area contributed by atoms with Gasteiger partial charge in [-0.25, -0.2) is 0 Å². The Labute approximate surface area is 111 Å². The smallest absolute Gasteiger partial charge is 0.228 e. The fraction of sp³-hybridized carbons (Fsp3) is 0.417. The summed E-state index contributed by atoms with van der Waals surface area (Å²) in [6.45, 7) is 5.40. The van der Waals surface area contributed by atoms with Crippen LogP contribution >= 0.6 is 23.2 Å². The lowest BCUT2D eigenvalue weighted by atomic mass is 10.0. The highest BCUT2D eigenvalue weighted by Gasteiger charge is 2.18. The van der Waals surface area contributed by atoms with Gasteiger partial charge in [-0.05, 0) is 31.5 Å². The van der Waals surface area contributed by atoms with Crippen molar-refractivity contribution in [1.29, 1.82) is 0 Å². The Morgan fingerprint density at radius 2 is 1.88 bits per heavy atom. The van der Waals surface area contributed by atoms with Crippen LogP contribution in [0.4, 0.5) is 5.69 Å². The SMILES string of the molecule is Cc1cc(Cl)c(NC(=O)C(C)C(C)N)cc1Cl. The van der Waals surface area contributed by atoms with E-state index in [0.717, 1.165) is 5.56 Å². The molecule has 5 heteroatoms. The molecule has 0 spiro atoms. The lowest BCUT2D eigenvalue weighted by Gasteiger charge is -2.16.